The first-order valence-electron chi connectivity index (χ1n) is 30.1. The summed E-state index contributed by atoms with van der Waals surface area (Å²) in [6.45, 7) is 47.0. The summed E-state index contributed by atoms with van der Waals surface area (Å²) >= 11 is 0. The van der Waals surface area contributed by atoms with Gasteiger partial charge in [0, 0.05) is 22.4 Å². The number of hydrogen-bond donors (Lipinski definition) is 0. The zero-order chi connectivity index (χ0) is 59.3. The monoisotopic (exact) mass is 1080 g/mol. The molecule has 1 nitrogen and oxygen atoms in total. The fourth-order valence-corrected chi connectivity index (χ4v) is 12.0. The van der Waals surface area contributed by atoms with E-state index in [1.54, 1.807) is 0 Å². The average Bonchev–Trinajstić information content (AvgIpc) is 3.85. The lowest BCUT2D eigenvalue weighted by Crippen LogP contribution is -2.18. The minimum absolute atomic E-state index is 0.00569. The van der Waals surface area contributed by atoms with Crippen molar-refractivity contribution in [2.75, 3.05) is 4.90 Å². The molecular weight excluding hydrogens is 987 g/mol. The largest absolute Gasteiger partial charge is 0.310 e. The molecule has 0 atom stereocenters. The third kappa shape index (κ3) is 11.5. The molecule has 10 rings (SSSR count). The third-order valence-electron chi connectivity index (χ3n) is 17.6. The van der Waals surface area contributed by atoms with E-state index in [1.807, 2.05) is 0 Å². The van der Waals surface area contributed by atoms with Gasteiger partial charge in [-0.2, -0.15) is 0 Å². The number of rotatable bonds is 8. The normalized spacial score (nSPS) is 13.7. The van der Waals surface area contributed by atoms with Crippen LogP contribution in [0.5, 0.6) is 0 Å². The minimum Gasteiger partial charge on any atom is -0.310 e. The van der Waals surface area contributed by atoms with Crippen molar-refractivity contribution >= 4 is 17.1 Å². The maximum atomic E-state index is 2.57. The first kappa shape index (κ1) is 58.0. The van der Waals surface area contributed by atoms with E-state index in [9.17, 15) is 0 Å². The van der Waals surface area contributed by atoms with Crippen molar-refractivity contribution in [3.8, 4) is 66.8 Å². The van der Waals surface area contributed by atoms with Gasteiger partial charge in [0.15, 0.2) is 0 Å². The van der Waals surface area contributed by atoms with Crippen LogP contribution in [0.2, 0.25) is 0 Å². The zero-order valence-electron chi connectivity index (χ0n) is 53.3. The summed E-state index contributed by atoms with van der Waals surface area (Å²) in [5, 5.41) is 0. The van der Waals surface area contributed by atoms with Crippen LogP contribution in [-0.4, -0.2) is 0 Å². The van der Waals surface area contributed by atoms with E-state index in [0.717, 1.165) is 17.1 Å². The highest BCUT2D eigenvalue weighted by molar-refractivity contribution is 5.99. The Kier molecular flexibility index (Phi) is 14.6. The van der Waals surface area contributed by atoms with Crippen molar-refractivity contribution in [3.05, 3.63) is 233 Å². The number of hydrogen-bond acceptors (Lipinski definition) is 1. The number of anilines is 3. The Morgan fingerprint density at radius 1 is 0.256 bits per heavy atom. The van der Waals surface area contributed by atoms with Crippen LogP contribution < -0.4 is 4.90 Å². The number of nitrogens with zero attached hydrogens (tertiary/aromatic N) is 1. The van der Waals surface area contributed by atoms with Crippen LogP contribution in [0, 0.1) is 0 Å². The van der Waals surface area contributed by atoms with Gasteiger partial charge in [0.2, 0.25) is 0 Å². The van der Waals surface area contributed by atoms with Gasteiger partial charge in [0.25, 0.3) is 0 Å². The molecule has 420 valence electrons. The highest BCUT2D eigenvalue weighted by Crippen LogP contribution is 2.54. The number of benzene rings is 9. The Hall–Kier alpha value is -7.22. The first-order valence-corrected chi connectivity index (χ1v) is 30.1. The van der Waals surface area contributed by atoms with Gasteiger partial charge in [-0.15, -0.1) is 0 Å². The second-order valence-electron chi connectivity index (χ2n) is 30.5. The van der Waals surface area contributed by atoms with Crippen molar-refractivity contribution < 1.29 is 0 Å². The van der Waals surface area contributed by atoms with Gasteiger partial charge in [-0.1, -0.05) is 278 Å². The van der Waals surface area contributed by atoms with E-state index >= 15 is 0 Å². The predicted molar refractivity (Wildman–Crippen MR) is 358 cm³/mol. The molecule has 0 aliphatic heterocycles. The van der Waals surface area contributed by atoms with E-state index in [2.05, 4.69) is 331 Å². The molecule has 0 saturated carbocycles. The van der Waals surface area contributed by atoms with Gasteiger partial charge in [-0.05, 0) is 187 Å². The second kappa shape index (κ2) is 20.6. The third-order valence-corrected chi connectivity index (χ3v) is 17.6. The molecule has 0 fully saturated rings. The summed E-state index contributed by atoms with van der Waals surface area (Å²) in [4.78, 5) is 2.57. The lowest BCUT2D eigenvalue weighted by molar-refractivity contribution is 0.569. The molecule has 0 unspecified atom stereocenters. The van der Waals surface area contributed by atoms with Crippen LogP contribution in [-0.2, 0) is 37.9 Å². The van der Waals surface area contributed by atoms with Crippen LogP contribution >= 0.6 is 0 Å². The molecule has 0 radical (unpaired) electrons. The van der Waals surface area contributed by atoms with Gasteiger partial charge in [-0.3, -0.25) is 0 Å². The van der Waals surface area contributed by atoms with Crippen LogP contribution in [0.3, 0.4) is 0 Å². The quantitative estimate of drug-likeness (QED) is 0.147. The molecule has 1 heteroatoms. The van der Waals surface area contributed by atoms with Gasteiger partial charge >= 0.3 is 0 Å². The molecular formula is C81H91N. The van der Waals surface area contributed by atoms with Crippen molar-refractivity contribution in [2.24, 2.45) is 0 Å². The Morgan fingerprint density at radius 3 is 1.15 bits per heavy atom. The van der Waals surface area contributed by atoms with E-state index in [1.165, 1.54) is 111 Å². The summed E-state index contributed by atoms with van der Waals surface area (Å²) in [5.74, 6) is 0. The summed E-state index contributed by atoms with van der Waals surface area (Å²) < 4.78 is 0. The van der Waals surface area contributed by atoms with Crippen LogP contribution in [0.4, 0.5) is 17.1 Å². The van der Waals surface area contributed by atoms with Crippen molar-refractivity contribution in [2.45, 2.75) is 176 Å². The van der Waals surface area contributed by atoms with Gasteiger partial charge in [0.05, 0.1) is 5.69 Å². The van der Waals surface area contributed by atoms with Crippen LogP contribution in [0.25, 0.3) is 66.8 Å². The molecule has 82 heavy (non-hydrogen) atoms. The molecule has 0 saturated heterocycles. The maximum Gasteiger partial charge on any atom is 0.0549 e. The lowest BCUT2D eigenvalue weighted by Gasteiger charge is -2.33. The lowest BCUT2D eigenvalue weighted by atomic mass is 9.77. The molecule has 0 aromatic heterocycles. The summed E-state index contributed by atoms with van der Waals surface area (Å²) in [5.41, 5.74) is 28.4. The molecule has 9 aromatic rings. The average molecular weight is 1080 g/mol. The molecule has 0 amide bonds. The molecule has 0 bridgehead atoms. The van der Waals surface area contributed by atoms with Crippen molar-refractivity contribution in [1.82, 2.24) is 0 Å². The van der Waals surface area contributed by atoms with E-state index < -0.39 is 0 Å². The van der Waals surface area contributed by atoms with E-state index in [4.69, 9.17) is 0 Å². The minimum atomic E-state index is -0.192. The molecule has 0 heterocycles. The molecule has 0 N–H and O–H groups in total. The fourth-order valence-electron chi connectivity index (χ4n) is 12.0. The highest BCUT2D eigenvalue weighted by atomic mass is 15.1. The van der Waals surface area contributed by atoms with Crippen LogP contribution in [0.1, 0.15) is 183 Å². The summed E-state index contributed by atoms with van der Waals surface area (Å²) in [6, 6.07) is 73.2. The van der Waals surface area contributed by atoms with Gasteiger partial charge < -0.3 is 4.90 Å². The molecule has 0 spiro atoms. The number of fused-ring (bicyclic) bond motifs is 3. The Labute approximate surface area is 494 Å². The van der Waals surface area contributed by atoms with Gasteiger partial charge in [-0.25, -0.2) is 0 Å². The van der Waals surface area contributed by atoms with E-state index in [-0.39, 0.29) is 37.9 Å². The Morgan fingerprint density at radius 2 is 0.646 bits per heavy atom. The predicted octanol–water partition coefficient (Wildman–Crippen LogP) is 23.6. The van der Waals surface area contributed by atoms with Crippen LogP contribution in [0.15, 0.2) is 188 Å². The Bertz CT molecular complexity index is 3800. The first-order chi connectivity index (χ1) is 38.2. The summed E-state index contributed by atoms with van der Waals surface area (Å²) in [7, 11) is 0. The second-order valence-corrected chi connectivity index (χ2v) is 30.5. The molecule has 1 aliphatic rings. The Balaban J connectivity index is 1.26. The highest BCUT2D eigenvalue weighted by Gasteiger charge is 2.37. The topological polar surface area (TPSA) is 3.24 Å². The standard InChI is InChI=1S/C81H91N/c1-75(2,3)60-34-30-52(31-35-60)53-32-36-66(37-33-53)82(67-38-39-69-68-28-24-25-29-71(68)81(19,20)72(69)51-67)73-50-65(80(16,17)18)49-70(74(73)54-26-22-21-23-27-54)59-41-57(44-62(47-59)77(7,8)9)55-40-56(43-61(42-55)76(4,5)6)58-45-63(78(10,11)12)48-64(46-58)79(13,14)15/h21-51H,1-20H3. The maximum absolute atomic E-state index is 2.57. The van der Waals surface area contributed by atoms with Crippen molar-refractivity contribution in [1.29, 1.82) is 0 Å². The summed E-state index contributed by atoms with van der Waals surface area (Å²) in [6.07, 6.45) is 0. The van der Waals surface area contributed by atoms with Gasteiger partial charge in [0.1, 0.15) is 0 Å². The zero-order valence-corrected chi connectivity index (χ0v) is 53.3. The molecule has 1 aliphatic carbocycles. The smallest absolute Gasteiger partial charge is 0.0549 e. The van der Waals surface area contributed by atoms with E-state index in [0.29, 0.717) is 0 Å². The molecule has 9 aromatic carbocycles. The fraction of sp³-hybridized carbons (Fsp3) is 0.333. The van der Waals surface area contributed by atoms with Crippen molar-refractivity contribution in [3.63, 3.8) is 0 Å². The SMILES string of the molecule is CC(C)(C)c1ccc(-c2ccc(N(c3ccc4c(c3)C(C)(C)c3ccccc3-4)c3cc(C(C)(C)C)cc(-c4cc(-c5cc(-c6cc(C(C)(C)C)cc(C(C)(C)C)c6)cc(C(C)(C)C)c5)cc(C(C)(C)C)c4)c3-c3ccccc3)cc2)cc1.